The van der Waals surface area contributed by atoms with Gasteiger partial charge in [0.25, 0.3) is 5.56 Å². The molecule has 0 bridgehead atoms. The fourth-order valence-electron chi connectivity index (χ4n) is 3.89. The lowest BCUT2D eigenvalue weighted by Gasteiger charge is -2.13. The van der Waals surface area contributed by atoms with Crippen molar-refractivity contribution in [2.75, 3.05) is 6.61 Å². The lowest BCUT2D eigenvalue weighted by Crippen LogP contribution is -2.22. The lowest BCUT2D eigenvalue weighted by atomic mass is 10.1. The molecular weight excluding hydrogens is 552 g/mol. The molecule has 0 amide bonds. The maximum atomic E-state index is 13.3. The van der Waals surface area contributed by atoms with E-state index in [1.807, 2.05) is 36.4 Å². The molecule has 196 valence electrons. The third-order valence-electron chi connectivity index (χ3n) is 5.73. The Morgan fingerprint density at radius 3 is 2.61 bits per heavy atom. The van der Waals surface area contributed by atoms with Crippen molar-refractivity contribution in [3.8, 4) is 11.5 Å². The van der Waals surface area contributed by atoms with E-state index in [-0.39, 0.29) is 36.0 Å². The van der Waals surface area contributed by atoms with E-state index in [1.54, 1.807) is 25.1 Å². The highest BCUT2D eigenvalue weighted by Crippen LogP contribution is 2.38. The van der Waals surface area contributed by atoms with Crippen molar-refractivity contribution in [1.82, 2.24) is 9.66 Å². The molecular formula is C28H27BrN4O5. The summed E-state index contributed by atoms with van der Waals surface area (Å²) < 4.78 is 13.6. The number of hydrogen-bond donors (Lipinski definition) is 0. The molecule has 0 aliphatic heterocycles. The minimum atomic E-state index is -0.520. The molecule has 38 heavy (non-hydrogen) atoms. The zero-order chi connectivity index (χ0) is 27.1. The molecule has 0 unspecified atom stereocenters. The predicted molar refractivity (Wildman–Crippen MR) is 150 cm³/mol. The van der Waals surface area contributed by atoms with Gasteiger partial charge in [-0.1, -0.05) is 59.6 Å². The molecule has 9 nitrogen and oxygen atoms in total. The summed E-state index contributed by atoms with van der Waals surface area (Å²) in [6, 6.07) is 17.7. The van der Waals surface area contributed by atoms with Crippen molar-refractivity contribution >= 4 is 38.7 Å². The number of nitrogens with zero attached hydrogens (tertiary/aromatic N) is 4. The number of fused-ring (bicyclic) bond motifs is 1. The Kier molecular flexibility index (Phi) is 8.85. The molecule has 0 atom stereocenters. The number of unbranched alkanes of at least 4 members (excludes halogenated alkanes) is 1. The monoisotopic (exact) mass is 578 g/mol. The summed E-state index contributed by atoms with van der Waals surface area (Å²) in [5, 5.41) is 16.8. The summed E-state index contributed by atoms with van der Waals surface area (Å²) in [6.45, 7) is 4.26. The second-order valence-electron chi connectivity index (χ2n) is 8.49. The third-order valence-corrected chi connectivity index (χ3v) is 6.22. The number of aryl methyl sites for hydroxylation is 1. The van der Waals surface area contributed by atoms with Gasteiger partial charge in [0.2, 0.25) is 5.75 Å². The fourth-order valence-corrected chi connectivity index (χ4v) is 4.25. The predicted octanol–water partition coefficient (Wildman–Crippen LogP) is 6.27. The Morgan fingerprint density at radius 2 is 1.89 bits per heavy atom. The van der Waals surface area contributed by atoms with Crippen LogP contribution in [0.15, 0.2) is 75.0 Å². The van der Waals surface area contributed by atoms with Gasteiger partial charge in [0.15, 0.2) is 5.75 Å². The number of nitro groups is 1. The van der Waals surface area contributed by atoms with Crippen LogP contribution in [0.25, 0.3) is 10.9 Å². The number of ether oxygens (including phenoxy) is 2. The van der Waals surface area contributed by atoms with Crippen LogP contribution in [-0.4, -0.2) is 27.4 Å². The standard InChI is InChI=1S/C28H27BrN4O5/c1-3-5-11-26-31-23-13-12-21(29)16-22(23)28(34)32(26)30-17-20-14-24(33(35)36)27(25(15-20)37-4-2)38-18-19-9-7-6-8-10-19/h6-10,12-17H,3-5,11,18H2,1-2H3. The fraction of sp³-hybridized carbons (Fsp3) is 0.250. The molecule has 10 heteroatoms. The second kappa shape index (κ2) is 12.5. The lowest BCUT2D eigenvalue weighted by molar-refractivity contribution is -0.386. The summed E-state index contributed by atoms with van der Waals surface area (Å²) in [6.07, 6.45) is 3.72. The van der Waals surface area contributed by atoms with Crippen molar-refractivity contribution in [3.63, 3.8) is 0 Å². The quantitative estimate of drug-likeness (QED) is 0.118. The first-order valence-electron chi connectivity index (χ1n) is 12.3. The molecule has 0 spiro atoms. The van der Waals surface area contributed by atoms with E-state index in [0.29, 0.717) is 28.7 Å². The Balaban J connectivity index is 1.76. The zero-order valence-electron chi connectivity index (χ0n) is 21.1. The Hall–Kier alpha value is -4.05. The maximum absolute atomic E-state index is 13.3. The number of benzene rings is 3. The van der Waals surface area contributed by atoms with E-state index in [0.717, 1.165) is 22.9 Å². The van der Waals surface area contributed by atoms with Gasteiger partial charge in [0, 0.05) is 22.5 Å². The summed E-state index contributed by atoms with van der Waals surface area (Å²) in [5.41, 5.74) is 1.26. The van der Waals surface area contributed by atoms with Gasteiger partial charge in [-0.15, -0.1) is 0 Å². The van der Waals surface area contributed by atoms with Gasteiger partial charge >= 0.3 is 5.69 Å². The molecule has 4 aromatic rings. The highest BCUT2D eigenvalue weighted by molar-refractivity contribution is 9.10. The minimum Gasteiger partial charge on any atom is -0.490 e. The molecule has 1 aromatic heterocycles. The van der Waals surface area contributed by atoms with Crippen molar-refractivity contribution in [1.29, 1.82) is 0 Å². The third kappa shape index (κ3) is 6.25. The topological polar surface area (TPSA) is 109 Å². The van der Waals surface area contributed by atoms with Crippen molar-refractivity contribution in [2.24, 2.45) is 5.10 Å². The molecule has 3 aromatic carbocycles. The molecule has 0 fully saturated rings. The summed E-state index contributed by atoms with van der Waals surface area (Å²) in [7, 11) is 0. The van der Waals surface area contributed by atoms with Crippen LogP contribution in [0.5, 0.6) is 11.5 Å². The maximum Gasteiger partial charge on any atom is 0.315 e. The molecule has 0 aliphatic rings. The van der Waals surface area contributed by atoms with E-state index >= 15 is 0 Å². The van der Waals surface area contributed by atoms with Gasteiger partial charge in [-0.3, -0.25) is 14.9 Å². The smallest absolute Gasteiger partial charge is 0.315 e. The van der Waals surface area contributed by atoms with Gasteiger partial charge in [-0.25, -0.2) is 4.98 Å². The Labute approximate surface area is 228 Å². The van der Waals surface area contributed by atoms with E-state index in [4.69, 9.17) is 9.47 Å². The summed E-state index contributed by atoms with van der Waals surface area (Å²) in [4.78, 5) is 29.5. The van der Waals surface area contributed by atoms with Crippen LogP contribution in [0, 0.1) is 10.1 Å². The van der Waals surface area contributed by atoms with Crippen molar-refractivity contribution in [3.05, 3.63) is 103 Å². The van der Waals surface area contributed by atoms with Gasteiger partial charge < -0.3 is 9.47 Å². The van der Waals surface area contributed by atoms with Crippen LogP contribution in [0.3, 0.4) is 0 Å². The summed E-state index contributed by atoms with van der Waals surface area (Å²) >= 11 is 3.40. The normalized spacial score (nSPS) is 11.2. The van der Waals surface area contributed by atoms with Gasteiger partial charge in [0.05, 0.1) is 28.6 Å². The minimum absolute atomic E-state index is 0.0378. The highest BCUT2D eigenvalue weighted by Gasteiger charge is 2.23. The molecule has 1 heterocycles. The number of halogens is 1. The van der Waals surface area contributed by atoms with Crippen LogP contribution in [0.1, 0.15) is 43.6 Å². The highest BCUT2D eigenvalue weighted by atomic mass is 79.9. The number of aromatic nitrogens is 2. The van der Waals surface area contributed by atoms with Crippen LogP contribution in [0.4, 0.5) is 5.69 Å². The summed E-state index contributed by atoms with van der Waals surface area (Å²) in [5.74, 6) is 0.777. The molecule has 0 saturated heterocycles. The van der Waals surface area contributed by atoms with Crippen molar-refractivity contribution in [2.45, 2.75) is 39.7 Å². The first-order chi connectivity index (χ1) is 18.4. The molecule has 0 saturated carbocycles. The van der Waals surface area contributed by atoms with Crippen LogP contribution in [-0.2, 0) is 13.0 Å². The molecule has 0 radical (unpaired) electrons. The molecule has 0 N–H and O–H groups in total. The van der Waals surface area contributed by atoms with Gasteiger partial charge in [-0.2, -0.15) is 9.78 Å². The van der Waals surface area contributed by atoms with Gasteiger partial charge in [-0.05, 0) is 43.2 Å². The van der Waals surface area contributed by atoms with Crippen molar-refractivity contribution < 1.29 is 14.4 Å². The number of rotatable bonds is 11. The molecule has 0 aliphatic carbocycles. The zero-order valence-corrected chi connectivity index (χ0v) is 22.7. The SMILES string of the molecule is CCCCc1nc2ccc(Br)cc2c(=O)n1N=Cc1cc(OCC)c(OCc2ccccc2)c([N+](=O)[O-])c1. The van der Waals surface area contributed by atoms with E-state index < -0.39 is 4.92 Å². The first kappa shape index (κ1) is 27.0. The number of nitro benzene ring substituents is 1. The van der Waals surface area contributed by atoms with Gasteiger partial charge in [0.1, 0.15) is 12.4 Å². The van der Waals surface area contributed by atoms with Crippen LogP contribution < -0.4 is 15.0 Å². The average Bonchev–Trinajstić information content (AvgIpc) is 2.91. The van der Waals surface area contributed by atoms with E-state index in [9.17, 15) is 14.9 Å². The second-order valence-corrected chi connectivity index (χ2v) is 9.40. The van der Waals surface area contributed by atoms with Crippen LogP contribution in [0.2, 0.25) is 0 Å². The molecule has 4 rings (SSSR count). The van der Waals surface area contributed by atoms with E-state index in [2.05, 4.69) is 32.9 Å². The average molecular weight is 579 g/mol. The largest absolute Gasteiger partial charge is 0.490 e. The van der Waals surface area contributed by atoms with Crippen LogP contribution >= 0.6 is 15.9 Å². The Morgan fingerprint density at radius 1 is 1.11 bits per heavy atom. The first-order valence-corrected chi connectivity index (χ1v) is 13.1. The van der Waals surface area contributed by atoms with E-state index in [1.165, 1.54) is 17.0 Å². The Bertz CT molecular complexity index is 1540. The number of hydrogen-bond acceptors (Lipinski definition) is 7.